The zero-order valence-electron chi connectivity index (χ0n) is 14.7. The van der Waals surface area contributed by atoms with Crippen molar-refractivity contribution in [3.63, 3.8) is 0 Å². The fraction of sp³-hybridized carbons (Fsp3) is 0.667. The number of anilines is 2. The van der Waals surface area contributed by atoms with Crippen molar-refractivity contribution in [3.8, 4) is 0 Å². The zero-order chi connectivity index (χ0) is 16.1. The third-order valence-corrected chi connectivity index (χ3v) is 3.77. The molecule has 20 heavy (non-hydrogen) atoms. The van der Waals surface area contributed by atoms with Gasteiger partial charge in [0.2, 0.25) is 0 Å². The molecule has 0 aliphatic rings. The molecule has 2 heteroatoms. The first-order valence-corrected chi connectivity index (χ1v) is 7.40. The topological polar surface area (TPSA) is 52.0 Å². The lowest BCUT2D eigenvalue weighted by atomic mass is 9.73. The summed E-state index contributed by atoms with van der Waals surface area (Å²) in [7, 11) is 0. The molecule has 4 N–H and O–H groups in total. The van der Waals surface area contributed by atoms with E-state index in [0.29, 0.717) is 0 Å². The van der Waals surface area contributed by atoms with Gasteiger partial charge in [-0.05, 0) is 27.4 Å². The van der Waals surface area contributed by atoms with Crippen LogP contribution in [0.1, 0.15) is 79.0 Å². The van der Waals surface area contributed by atoms with E-state index < -0.39 is 0 Å². The van der Waals surface area contributed by atoms with Crippen molar-refractivity contribution in [1.82, 2.24) is 0 Å². The zero-order valence-corrected chi connectivity index (χ0v) is 14.7. The molecule has 114 valence electrons. The average molecular weight is 276 g/mol. The Morgan fingerprint density at radius 2 is 0.900 bits per heavy atom. The molecule has 0 spiro atoms. The summed E-state index contributed by atoms with van der Waals surface area (Å²) in [6, 6.07) is 2.21. The summed E-state index contributed by atoms with van der Waals surface area (Å²) in [5.74, 6) is 0. The van der Waals surface area contributed by atoms with Crippen LogP contribution >= 0.6 is 0 Å². The quantitative estimate of drug-likeness (QED) is 0.672. The number of benzene rings is 1. The minimum atomic E-state index is -0.0601. The van der Waals surface area contributed by atoms with E-state index in [1.165, 1.54) is 11.1 Å². The lowest BCUT2D eigenvalue weighted by Crippen LogP contribution is -2.26. The molecule has 0 atom stereocenters. The smallest absolute Gasteiger partial charge is 0.0410 e. The molecule has 0 saturated carbocycles. The fourth-order valence-corrected chi connectivity index (χ4v) is 2.76. The summed E-state index contributed by atoms with van der Waals surface area (Å²) >= 11 is 0. The maximum atomic E-state index is 6.49. The van der Waals surface area contributed by atoms with Crippen LogP contribution in [0.25, 0.3) is 0 Å². The molecule has 2 nitrogen and oxygen atoms in total. The summed E-state index contributed by atoms with van der Waals surface area (Å²) in [5.41, 5.74) is 18.1. The van der Waals surface area contributed by atoms with Crippen LogP contribution in [0.4, 0.5) is 11.4 Å². The molecule has 1 rings (SSSR count). The molecule has 0 unspecified atom stereocenters. The van der Waals surface area contributed by atoms with Crippen LogP contribution in [-0.4, -0.2) is 0 Å². The highest BCUT2D eigenvalue weighted by Crippen LogP contribution is 2.44. The van der Waals surface area contributed by atoms with Gasteiger partial charge in [-0.2, -0.15) is 0 Å². The third kappa shape index (κ3) is 3.11. The predicted molar refractivity (Wildman–Crippen MR) is 91.4 cm³/mol. The Labute approximate surface area is 124 Å². The molecular weight excluding hydrogens is 244 g/mol. The van der Waals surface area contributed by atoms with E-state index in [2.05, 4.69) is 68.4 Å². The lowest BCUT2D eigenvalue weighted by molar-refractivity contribution is 0.555. The normalized spacial score (nSPS) is 13.7. The van der Waals surface area contributed by atoms with Crippen molar-refractivity contribution >= 4 is 11.4 Å². The summed E-state index contributed by atoms with van der Waals surface area (Å²) in [6.07, 6.45) is 0. The van der Waals surface area contributed by atoms with Crippen molar-refractivity contribution in [2.75, 3.05) is 11.5 Å². The minimum absolute atomic E-state index is 0.0117. The Balaban J connectivity index is 3.86. The van der Waals surface area contributed by atoms with Crippen molar-refractivity contribution in [2.45, 2.75) is 78.6 Å². The first-order valence-electron chi connectivity index (χ1n) is 7.40. The van der Waals surface area contributed by atoms with E-state index in [-0.39, 0.29) is 16.2 Å². The van der Waals surface area contributed by atoms with Gasteiger partial charge >= 0.3 is 0 Å². The van der Waals surface area contributed by atoms with Crippen molar-refractivity contribution in [1.29, 1.82) is 0 Å². The first kappa shape index (κ1) is 16.9. The Morgan fingerprint density at radius 1 is 0.600 bits per heavy atom. The Kier molecular flexibility index (Phi) is 3.95. The molecule has 0 aromatic heterocycles. The molecule has 0 aliphatic carbocycles. The first-order chi connectivity index (χ1) is 8.67. The van der Waals surface area contributed by atoms with Crippen molar-refractivity contribution in [3.05, 3.63) is 22.8 Å². The fourth-order valence-electron chi connectivity index (χ4n) is 2.76. The molecule has 0 heterocycles. The molecule has 0 fully saturated rings. The SMILES string of the molecule is CC(C)(C)c1cc(C(C)(C)C)c(N)c(C(C)(C)C)c1N. The van der Waals surface area contributed by atoms with E-state index in [1.54, 1.807) is 0 Å². The molecule has 0 saturated heterocycles. The monoisotopic (exact) mass is 276 g/mol. The van der Waals surface area contributed by atoms with Gasteiger partial charge in [0.1, 0.15) is 0 Å². The summed E-state index contributed by atoms with van der Waals surface area (Å²) in [5, 5.41) is 0. The second kappa shape index (κ2) is 4.68. The van der Waals surface area contributed by atoms with Gasteiger partial charge in [-0.3, -0.25) is 0 Å². The number of hydrogen-bond acceptors (Lipinski definition) is 2. The van der Waals surface area contributed by atoms with E-state index in [0.717, 1.165) is 16.9 Å². The van der Waals surface area contributed by atoms with Gasteiger partial charge in [0.15, 0.2) is 0 Å². The third-order valence-electron chi connectivity index (χ3n) is 3.77. The van der Waals surface area contributed by atoms with Gasteiger partial charge < -0.3 is 11.5 Å². The van der Waals surface area contributed by atoms with Crippen LogP contribution in [0.2, 0.25) is 0 Å². The van der Waals surface area contributed by atoms with Gasteiger partial charge in [-0.1, -0.05) is 68.4 Å². The van der Waals surface area contributed by atoms with Crippen LogP contribution in [0.3, 0.4) is 0 Å². The number of rotatable bonds is 0. The van der Waals surface area contributed by atoms with Gasteiger partial charge in [-0.25, -0.2) is 0 Å². The molecule has 0 bridgehead atoms. The van der Waals surface area contributed by atoms with E-state index >= 15 is 0 Å². The maximum absolute atomic E-state index is 6.49. The Bertz CT molecular complexity index is 468. The van der Waals surface area contributed by atoms with Crippen molar-refractivity contribution < 1.29 is 0 Å². The van der Waals surface area contributed by atoms with Crippen LogP contribution in [-0.2, 0) is 16.2 Å². The summed E-state index contributed by atoms with van der Waals surface area (Å²) in [4.78, 5) is 0. The Hall–Kier alpha value is -1.18. The van der Waals surface area contributed by atoms with E-state index in [9.17, 15) is 0 Å². The highest BCUT2D eigenvalue weighted by molar-refractivity contribution is 5.73. The molecule has 1 aromatic carbocycles. The highest BCUT2D eigenvalue weighted by atomic mass is 14.7. The number of nitrogens with two attached hydrogens (primary N) is 2. The van der Waals surface area contributed by atoms with Crippen LogP contribution in [0.5, 0.6) is 0 Å². The molecule has 0 radical (unpaired) electrons. The maximum Gasteiger partial charge on any atom is 0.0410 e. The Morgan fingerprint density at radius 3 is 1.10 bits per heavy atom. The predicted octanol–water partition coefficient (Wildman–Crippen LogP) is 4.74. The summed E-state index contributed by atoms with van der Waals surface area (Å²) < 4.78 is 0. The highest BCUT2D eigenvalue weighted by Gasteiger charge is 2.31. The number of hydrogen-bond donors (Lipinski definition) is 2. The van der Waals surface area contributed by atoms with Gasteiger partial charge in [0.05, 0.1) is 0 Å². The molecule has 0 amide bonds. The van der Waals surface area contributed by atoms with Gasteiger partial charge in [0, 0.05) is 16.9 Å². The molecule has 0 aliphatic heterocycles. The van der Waals surface area contributed by atoms with E-state index in [4.69, 9.17) is 11.5 Å². The second-order valence-electron chi connectivity index (χ2n) is 8.92. The molecule has 1 aromatic rings. The average Bonchev–Trinajstić information content (AvgIpc) is 2.10. The number of nitrogen functional groups attached to an aromatic ring is 2. The van der Waals surface area contributed by atoms with Crippen LogP contribution in [0.15, 0.2) is 6.07 Å². The summed E-state index contributed by atoms with van der Waals surface area (Å²) in [6.45, 7) is 19.7. The minimum Gasteiger partial charge on any atom is -0.398 e. The van der Waals surface area contributed by atoms with Gasteiger partial charge in [0.25, 0.3) is 0 Å². The van der Waals surface area contributed by atoms with E-state index in [1.807, 2.05) is 0 Å². The largest absolute Gasteiger partial charge is 0.398 e. The van der Waals surface area contributed by atoms with Crippen LogP contribution < -0.4 is 11.5 Å². The second-order valence-corrected chi connectivity index (χ2v) is 8.92. The van der Waals surface area contributed by atoms with Crippen LogP contribution in [0, 0.1) is 0 Å². The van der Waals surface area contributed by atoms with Crippen molar-refractivity contribution in [2.24, 2.45) is 0 Å². The lowest BCUT2D eigenvalue weighted by Gasteiger charge is -2.34. The molecular formula is C18H32N2. The van der Waals surface area contributed by atoms with Gasteiger partial charge in [-0.15, -0.1) is 0 Å². The standard InChI is InChI=1S/C18H32N2/c1-16(2,3)11-10-12(17(4,5)6)15(20)13(14(11)19)18(7,8)9/h10H,19-20H2,1-9H3.